The van der Waals surface area contributed by atoms with Crippen LogP contribution in [0.2, 0.25) is 0 Å². The summed E-state index contributed by atoms with van der Waals surface area (Å²) in [5.74, 6) is 0.852. The summed E-state index contributed by atoms with van der Waals surface area (Å²) in [4.78, 5) is 2.63. The lowest BCUT2D eigenvalue weighted by atomic mass is 9.77. The monoisotopic (exact) mass is 210 g/mol. The van der Waals surface area contributed by atoms with E-state index in [2.05, 4.69) is 11.8 Å². The van der Waals surface area contributed by atoms with Gasteiger partial charge in [0, 0.05) is 12.1 Å². The lowest BCUT2D eigenvalue weighted by Gasteiger charge is -2.50. The number of nitrogens with two attached hydrogens (primary N) is 1. The van der Waals surface area contributed by atoms with Crippen molar-refractivity contribution in [3.05, 3.63) is 0 Å². The van der Waals surface area contributed by atoms with Crippen LogP contribution in [0.25, 0.3) is 0 Å². The molecule has 2 N–H and O–H groups in total. The molecule has 0 aromatic rings. The van der Waals surface area contributed by atoms with Gasteiger partial charge in [-0.2, -0.15) is 0 Å². The molecule has 1 saturated heterocycles. The highest BCUT2D eigenvalue weighted by molar-refractivity contribution is 4.97. The Morgan fingerprint density at radius 1 is 1.07 bits per heavy atom. The van der Waals surface area contributed by atoms with E-state index >= 15 is 0 Å². The van der Waals surface area contributed by atoms with Gasteiger partial charge in [0.25, 0.3) is 0 Å². The molecule has 2 rings (SSSR count). The van der Waals surface area contributed by atoms with Crippen molar-refractivity contribution in [2.75, 3.05) is 19.6 Å². The van der Waals surface area contributed by atoms with E-state index in [-0.39, 0.29) is 0 Å². The van der Waals surface area contributed by atoms with Crippen molar-refractivity contribution in [3.63, 3.8) is 0 Å². The minimum absolute atomic E-state index is 0.308. The molecule has 0 radical (unpaired) electrons. The second-order valence-electron chi connectivity index (χ2n) is 5.59. The maximum absolute atomic E-state index is 6.06. The molecular weight excluding hydrogens is 184 g/mol. The van der Waals surface area contributed by atoms with Crippen LogP contribution >= 0.6 is 0 Å². The maximum atomic E-state index is 6.06. The van der Waals surface area contributed by atoms with Crippen molar-refractivity contribution in [1.82, 2.24) is 4.90 Å². The smallest absolute Gasteiger partial charge is 0.0331 e. The summed E-state index contributed by atoms with van der Waals surface area (Å²) in [5, 5.41) is 0. The third-order valence-electron chi connectivity index (χ3n) is 4.73. The molecule has 1 unspecified atom stereocenters. The van der Waals surface area contributed by atoms with Crippen molar-refractivity contribution in [2.24, 2.45) is 11.7 Å². The van der Waals surface area contributed by atoms with Gasteiger partial charge in [-0.1, -0.05) is 25.7 Å². The molecule has 88 valence electrons. The van der Waals surface area contributed by atoms with E-state index in [0.717, 1.165) is 12.5 Å². The summed E-state index contributed by atoms with van der Waals surface area (Å²) >= 11 is 0. The Hall–Kier alpha value is -0.0800. The van der Waals surface area contributed by atoms with Crippen LogP contribution < -0.4 is 5.73 Å². The van der Waals surface area contributed by atoms with Crippen molar-refractivity contribution >= 4 is 0 Å². The summed E-state index contributed by atoms with van der Waals surface area (Å²) in [5.41, 5.74) is 6.37. The van der Waals surface area contributed by atoms with Gasteiger partial charge in [-0.15, -0.1) is 0 Å². The van der Waals surface area contributed by atoms with E-state index in [4.69, 9.17) is 5.73 Å². The number of hydrogen-bond acceptors (Lipinski definition) is 2. The van der Waals surface area contributed by atoms with Crippen LogP contribution in [0.1, 0.15) is 51.9 Å². The van der Waals surface area contributed by atoms with Crippen LogP contribution in [-0.2, 0) is 0 Å². The molecule has 0 aromatic heterocycles. The largest absolute Gasteiger partial charge is 0.329 e. The van der Waals surface area contributed by atoms with Gasteiger partial charge >= 0.3 is 0 Å². The summed E-state index contributed by atoms with van der Waals surface area (Å²) in [6.07, 6.45) is 9.92. The minimum atomic E-state index is 0.308. The van der Waals surface area contributed by atoms with E-state index in [9.17, 15) is 0 Å². The van der Waals surface area contributed by atoms with Gasteiger partial charge in [-0.25, -0.2) is 0 Å². The van der Waals surface area contributed by atoms with Crippen molar-refractivity contribution < 1.29 is 0 Å². The van der Waals surface area contributed by atoms with Gasteiger partial charge in [0.2, 0.25) is 0 Å². The van der Waals surface area contributed by atoms with Gasteiger partial charge in [-0.3, -0.25) is 4.90 Å². The Morgan fingerprint density at radius 2 is 1.67 bits per heavy atom. The predicted molar refractivity (Wildman–Crippen MR) is 64.8 cm³/mol. The Kier molecular flexibility index (Phi) is 3.68. The molecule has 2 nitrogen and oxygen atoms in total. The van der Waals surface area contributed by atoms with Crippen LogP contribution in [0, 0.1) is 5.92 Å². The summed E-state index contributed by atoms with van der Waals surface area (Å²) < 4.78 is 0. The molecule has 1 heterocycles. The summed E-state index contributed by atoms with van der Waals surface area (Å²) in [6.45, 7) is 5.81. The summed E-state index contributed by atoms with van der Waals surface area (Å²) in [7, 11) is 0. The average Bonchev–Trinajstić information content (AvgIpc) is 2.43. The standard InChI is InChI=1S/C13H26N2/c1-13(11-14,15-9-6-10-15)12-7-4-2-3-5-8-12/h12H,2-11,14H2,1H3. The molecule has 15 heavy (non-hydrogen) atoms. The van der Waals surface area contributed by atoms with E-state index in [1.807, 2.05) is 0 Å². The number of nitrogens with zero attached hydrogens (tertiary/aromatic N) is 1. The topological polar surface area (TPSA) is 29.3 Å². The van der Waals surface area contributed by atoms with Gasteiger partial charge < -0.3 is 5.73 Å². The lowest BCUT2D eigenvalue weighted by Crippen LogP contribution is -2.61. The second kappa shape index (κ2) is 4.84. The Labute approximate surface area is 94.2 Å². The molecule has 1 aliphatic heterocycles. The fourth-order valence-corrected chi connectivity index (χ4v) is 3.28. The maximum Gasteiger partial charge on any atom is 0.0331 e. The zero-order chi connectivity index (χ0) is 10.7. The number of likely N-dealkylation sites (tertiary alicyclic amines) is 1. The normalized spacial score (nSPS) is 29.2. The lowest BCUT2D eigenvalue weighted by molar-refractivity contribution is -0.00145. The molecule has 2 aliphatic rings. The van der Waals surface area contributed by atoms with Crippen LogP contribution in [0.5, 0.6) is 0 Å². The second-order valence-corrected chi connectivity index (χ2v) is 5.59. The molecule has 0 bridgehead atoms. The van der Waals surface area contributed by atoms with E-state index in [1.165, 1.54) is 58.0 Å². The van der Waals surface area contributed by atoms with Crippen molar-refractivity contribution in [2.45, 2.75) is 57.4 Å². The van der Waals surface area contributed by atoms with E-state index < -0.39 is 0 Å². The molecule has 1 saturated carbocycles. The Balaban J connectivity index is 2.01. The van der Waals surface area contributed by atoms with Gasteiger partial charge in [-0.05, 0) is 45.2 Å². The Morgan fingerprint density at radius 3 is 2.07 bits per heavy atom. The first-order chi connectivity index (χ1) is 7.27. The van der Waals surface area contributed by atoms with Gasteiger partial charge in [0.05, 0.1) is 0 Å². The molecule has 0 aromatic carbocycles. The first kappa shape index (κ1) is 11.4. The van der Waals surface area contributed by atoms with E-state index in [1.54, 1.807) is 0 Å². The molecule has 2 fully saturated rings. The number of rotatable bonds is 3. The van der Waals surface area contributed by atoms with Crippen LogP contribution in [0.15, 0.2) is 0 Å². The summed E-state index contributed by atoms with van der Waals surface area (Å²) in [6, 6.07) is 0. The zero-order valence-corrected chi connectivity index (χ0v) is 10.2. The van der Waals surface area contributed by atoms with Gasteiger partial charge in [0.1, 0.15) is 0 Å². The predicted octanol–water partition coefficient (Wildman–Crippen LogP) is 2.38. The first-order valence-corrected chi connectivity index (χ1v) is 6.72. The SMILES string of the molecule is CC(CN)(C1CCCCCC1)N1CCC1. The highest BCUT2D eigenvalue weighted by atomic mass is 15.2. The molecule has 1 atom stereocenters. The van der Waals surface area contributed by atoms with E-state index in [0.29, 0.717) is 5.54 Å². The molecule has 2 heteroatoms. The first-order valence-electron chi connectivity index (χ1n) is 6.72. The van der Waals surface area contributed by atoms with Crippen molar-refractivity contribution in [3.8, 4) is 0 Å². The molecular formula is C13H26N2. The van der Waals surface area contributed by atoms with Crippen LogP contribution in [0.4, 0.5) is 0 Å². The highest BCUT2D eigenvalue weighted by Crippen LogP contribution is 2.37. The van der Waals surface area contributed by atoms with Crippen molar-refractivity contribution in [1.29, 1.82) is 0 Å². The van der Waals surface area contributed by atoms with Crippen LogP contribution in [0.3, 0.4) is 0 Å². The Bertz CT molecular complexity index is 193. The fourth-order valence-electron chi connectivity index (χ4n) is 3.28. The number of hydrogen-bond donors (Lipinski definition) is 1. The fraction of sp³-hybridized carbons (Fsp3) is 1.00. The van der Waals surface area contributed by atoms with Gasteiger partial charge in [0.15, 0.2) is 0 Å². The minimum Gasteiger partial charge on any atom is -0.329 e. The average molecular weight is 210 g/mol. The molecule has 1 aliphatic carbocycles. The third-order valence-corrected chi connectivity index (χ3v) is 4.73. The molecule has 0 amide bonds. The highest BCUT2D eigenvalue weighted by Gasteiger charge is 2.40. The third kappa shape index (κ3) is 2.21. The molecule has 0 spiro atoms. The van der Waals surface area contributed by atoms with Crippen LogP contribution in [-0.4, -0.2) is 30.1 Å². The zero-order valence-electron chi connectivity index (χ0n) is 10.2. The quantitative estimate of drug-likeness (QED) is 0.725.